The van der Waals surface area contributed by atoms with Crippen molar-refractivity contribution in [2.24, 2.45) is 15.3 Å². The Balaban J connectivity index is 1.94. The van der Waals surface area contributed by atoms with Gasteiger partial charge in [-0.2, -0.15) is 0 Å². The average Bonchev–Trinajstić information content (AvgIpc) is 2.70. The summed E-state index contributed by atoms with van der Waals surface area (Å²) in [5.41, 5.74) is 4.49. The number of phenolic OH excluding ortho intramolecular Hbond substituents is 1. The molecule has 132 valence electrons. The number of hydrogen-bond donors (Lipinski definition) is 2. The van der Waals surface area contributed by atoms with E-state index in [1.165, 1.54) is 0 Å². The van der Waals surface area contributed by atoms with Crippen molar-refractivity contribution >= 4 is 21.7 Å². The second-order valence-corrected chi connectivity index (χ2v) is 5.90. The van der Waals surface area contributed by atoms with Gasteiger partial charge < -0.3 is 0 Å². The van der Waals surface area contributed by atoms with E-state index in [1.807, 2.05) is 30.3 Å². The molecule has 0 bridgehead atoms. The van der Waals surface area contributed by atoms with Crippen molar-refractivity contribution in [3.63, 3.8) is 0 Å². The fraction of sp³-hybridized carbons (Fsp3) is 0. The molecule has 0 fully saturated rings. The molecule has 0 saturated heterocycles. The molecule has 3 rings (SSSR count). The molecule has 0 aliphatic rings. The van der Waals surface area contributed by atoms with Gasteiger partial charge in [0.05, 0.1) is 0 Å². The summed E-state index contributed by atoms with van der Waals surface area (Å²) in [4.78, 5) is 0. The Bertz CT molecular complexity index is 959. The number of hydrazone groups is 1. The number of anilines is 1. The van der Waals surface area contributed by atoms with E-state index in [9.17, 15) is 8.97 Å². The Hall–Kier alpha value is -3.16. The van der Waals surface area contributed by atoms with Gasteiger partial charge in [0.15, 0.2) is 0 Å². The van der Waals surface area contributed by atoms with E-state index in [4.69, 9.17) is 0 Å². The summed E-state index contributed by atoms with van der Waals surface area (Å²) in [7, 11) is 0. The van der Waals surface area contributed by atoms with Crippen LogP contribution >= 0.6 is 0 Å². The predicted octanol–water partition coefficient (Wildman–Crippen LogP) is 4.00. The van der Waals surface area contributed by atoms with Crippen molar-refractivity contribution in [1.29, 1.82) is 0 Å². The van der Waals surface area contributed by atoms with E-state index in [2.05, 4.69) is 20.8 Å². The topological polar surface area (TPSA) is 86.4 Å². The standard InChI is InChI=1S/C19H15N4O.Co.O/c24-18-14-8-7-13-17(18)21-23-19(15-9-3-1-4-10-15)22-20-16-11-5-2-6-12-16;;/h1-11,13-14,21,24H;;/b22-20+,23-19-;;. The summed E-state index contributed by atoms with van der Waals surface area (Å²) in [6.45, 7) is 0. The molecule has 0 aliphatic carbocycles. The summed E-state index contributed by atoms with van der Waals surface area (Å²) < 4.78 is 11.7. The number of para-hydroxylation sites is 2. The summed E-state index contributed by atoms with van der Waals surface area (Å²) in [6.07, 6.45) is 0. The number of benzene rings is 3. The van der Waals surface area contributed by atoms with Crippen LogP contribution in [0.1, 0.15) is 5.56 Å². The van der Waals surface area contributed by atoms with Gasteiger partial charge in [0.1, 0.15) is 0 Å². The Morgan fingerprint density at radius 1 is 0.885 bits per heavy atom. The average molecular weight is 390 g/mol. The Labute approximate surface area is 156 Å². The molecule has 0 amide bonds. The maximum atomic E-state index is 11.2. The van der Waals surface area contributed by atoms with E-state index in [1.54, 1.807) is 48.5 Å². The van der Waals surface area contributed by atoms with Crippen molar-refractivity contribution in [2.45, 2.75) is 0 Å². The van der Waals surface area contributed by atoms with Crippen molar-refractivity contribution in [3.8, 4) is 5.75 Å². The number of azo groups is 1. The number of aromatic hydroxyl groups is 1. The van der Waals surface area contributed by atoms with E-state index >= 15 is 0 Å². The van der Waals surface area contributed by atoms with Gasteiger partial charge in [-0.1, -0.05) is 0 Å². The van der Waals surface area contributed by atoms with Crippen LogP contribution in [-0.4, -0.2) is 10.9 Å². The zero-order valence-corrected chi connectivity index (χ0v) is 14.6. The maximum absolute atomic E-state index is 11.2. The first-order valence-electron chi connectivity index (χ1n) is 7.69. The van der Waals surface area contributed by atoms with E-state index in [0.717, 1.165) is 5.56 Å². The molecule has 0 aliphatic heterocycles. The van der Waals surface area contributed by atoms with Crippen LogP contribution in [0.3, 0.4) is 0 Å². The monoisotopic (exact) mass is 390 g/mol. The second kappa shape index (κ2) is 8.79. The molecule has 26 heavy (non-hydrogen) atoms. The van der Waals surface area contributed by atoms with Gasteiger partial charge in [-0.05, 0) is 0 Å². The fourth-order valence-electron chi connectivity index (χ4n) is 2.09. The Morgan fingerprint density at radius 2 is 1.58 bits per heavy atom. The van der Waals surface area contributed by atoms with Crippen LogP contribution in [0, 0.1) is 0 Å². The van der Waals surface area contributed by atoms with Crippen LogP contribution in [0.4, 0.5) is 11.4 Å². The third kappa shape index (κ3) is 4.47. The molecule has 2 N–H and O–H groups in total. The summed E-state index contributed by atoms with van der Waals surface area (Å²) in [5.74, 6) is 0.404. The quantitative estimate of drug-likeness (QED) is 0.227. The molecule has 3 aromatic carbocycles. The molecule has 0 radical (unpaired) electrons. The van der Waals surface area contributed by atoms with Crippen molar-refractivity contribution in [1.82, 2.24) is 0 Å². The first kappa shape index (κ1) is 17.7. The Morgan fingerprint density at radius 3 is 2.35 bits per heavy atom. The third-order valence-electron chi connectivity index (χ3n) is 3.38. The molecule has 3 aromatic rings. The molecular weight excluding hydrogens is 375 g/mol. The van der Waals surface area contributed by atoms with Crippen LogP contribution in [0.2, 0.25) is 0 Å². The van der Waals surface area contributed by atoms with Gasteiger partial charge in [0.2, 0.25) is 0 Å². The van der Waals surface area contributed by atoms with E-state index in [0.29, 0.717) is 21.7 Å². The first-order valence-corrected chi connectivity index (χ1v) is 8.63. The number of amidine groups is 1. The number of phenols is 1. The molecule has 6 nitrogen and oxygen atoms in total. The SMILES string of the molecule is [O]=[Co][c]1ccccc1/N=N/C(=N\Nc1ccccc1O)c1ccccc1. The van der Waals surface area contributed by atoms with Crippen LogP contribution in [0.15, 0.2) is 94.2 Å². The van der Waals surface area contributed by atoms with Crippen LogP contribution in [0.25, 0.3) is 0 Å². The van der Waals surface area contributed by atoms with Gasteiger partial charge >= 0.3 is 156 Å². The number of rotatable bonds is 5. The molecule has 7 heteroatoms. The van der Waals surface area contributed by atoms with Crippen LogP contribution < -0.4 is 9.92 Å². The molecule has 0 saturated carbocycles. The molecular formula is C19H15CoN4O2. The summed E-state index contributed by atoms with van der Waals surface area (Å²) in [5, 5.41) is 22.5. The molecule has 0 spiro atoms. The normalized spacial score (nSPS) is 11.8. The van der Waals surface area contributed by atoms with Crippen molar-refractivity contribution in [3.05, 3.63) is 84.4 Å². The van der Waals surface area contributed by atoms with Crippen LogP contribution in [-0.2, 0) is 18.5 Å². The van der Waals surface area contributed by atoms with Crippen molar-refractivity contribution < 1.29 is 23.6 Å². The summed E-state index contributed by atoms with van der Waals surface area (Å²) >= 11 is -0.0964. The second-order valence-electron chi connectivity index (χ2n) is 5.13. The van der Waals surface area contributed by atoms with Crippen molar-refractivity contribution in [2.75, 3.05) is 5.43 Å². The van der Waals surface area contributed by atoms with Gasteiger partial charge in [-0.25, -0.2) is 0 Å². The number of nitrogens with one attached hydrogen (secondary N) is 1. The minimum absolute atomic E-state index is 0.0796. The minimum atomic E-state index is -0.0964. The zero-order valence-electron chi connectivity index (χ0n) is 13.5. The molecule has 0 heterocycles. The number of nitrogens with zero attached hydrogens (tertiary/aromatic N) is 3. The first-order chi connectivity index (χ1) is 12.8. The van der Waals surface area contributed by atoms with E-state index < -0.39 is 0 Å². The molecule has 0 unspecified atom stereocenters. The third-order valence-corrected chi connectivity index (χ3v) is 4.05. The Kier molecular flexibility index (Phi) is 5.97. The fourth-order valence-corrected chi connectivity index (χ4v) is 2.51. The predicted molar refractivity (Wildman–Crippen MR) is 96.0 cm³/mol. The van der Waals surface area contributed by atoms with Gasteiger partial charge in [0, 0.05) is 0 Å². The number of hydrogen-bond acceptors (Lipinski definition) is 5. The zero-order chi connectivity index (χ0) is 18.2. The molecule has 0 aromatic heterocycles. The summed E-state index contributed by atoms with van der Waals surface area (Å²) in [6, 6.07) is 23.1. The van der Waals surface area contributed by atoms with Crippen LogP contribution in [0.5, 0.6) is 5.75 Å². The van der Waals surface area contributed by atoms with E-state index in [-0.39, 0.29) is 20.4 Å². The molecule has 0 atom stereocenters. The van der Waals surface area contributed by atoms with Gasteiger partial charge in [0.25, 0.3) is 0 Å². The van der Waals surface area contributed by atoms with Gasteiger partial charge in [-0.3, -0.25) is 0 Å². The van der Waals surface area contributed by atoms with Gasteiger partial charge in [-0.15, -0.1) is 0 Å².